The first-order chi connectivity index (χ1) is 8.24. The molecule has 1 fully saturated rings. The third kappa shape index (κ3) is 3.36. The summed E-state index contributed by atoms with van der Waals surface area (Å²) in [5.74, 6) is 1.58. The topological polar surface area (TPSA) is 30.5 Å². The Morgan fingerprint density at radius 3 is 2.71 bits per heavy atom. The first-order valence-corrected chi connectivity index (χ1v) is 6.76. The van der Waals surface area contributed by atoms with Crippen molar-refractivity contribution >= 4 is 15.9 Å². The SMILES string of the molecule is CCOc1cc(Br)c(CNC2CC2)cc1OC. The zero-order chi connectivity index (χ0) is 12.3. The van der Waals surface area contributed by atoms with Crippen LogP contribution in [0.1, 0.15) is 25.3 Å². The van der Waals surface area contributed by atoms with Gasteiger partial charge in [-0.15, -0.1) is 0 Å². The summed E-state index contributed by atoms with van der Waals surface area (Å²) in [4.78, 5) is 0. The van der Waals surface area contributed by atoms with Gasteiger partial charge in [0.2, 0.25) is 0 Å². The second-order valence-corrected chi connectivity index (χ2v) is 5.04. The molecule has 0 aliphatic heterocycles. The predicted octanol–water partition coefficient (Wildman–Crippen LogP) is 3.11. The van der Waals surface area contributed by atoms with Crippen LogP contribution in [0.3, 0.4) is 0 Å². The molecule has 94 valence electrons. The van der Waals surface area contributed by atoms with Gasteiger partial charge in [-0.2, -0.15) is 0 Å². The summed E-state index contributed by atoms with van der Waals surface area (Å²) in [5, 5.41) is 3.49. The molecular formula is C13H18BrNO2. The summed E-state index contributed by atoms with van der Waals surface area (Å²) in [6.07, 6.45) is 2.59. The van der Waals surface area contributed by atoms with Gasteiger partial charge >= 0.3 is 0 Å². The highest BCUT2D eigenvalue weighted by molar-refractivity contribution is 9.10. The summed E-state index contributed by atoms with van der Waals surface area (Å²) in [7, 11) is 1.67. The fraction of sp³-hybridized carbons (Fsp3) is 0.538. The number of hydrogen-bond acceptors (Lipinski definition) is 3. The third-order valence-corrected chi connectivity index (χ3v) is 3.53. The number of ether oxygens (including phenoxy) is 2. The van der Waals surface area contributed by atoms with E-state index >= 15 is 0 Å². The molecule has 0 atom stereocenters. The van der Waals surface area contributed by atoms with Gasteiger partial charge in [-0.25, -0.2) is 0 Å². The van der Waals surface area contributed by atoms with Crippen molar-refractivity contribution in [2.24, 2.45) is 0 Å². The zero-order valence-electron chi connectivity index (χ0n) is 10.3. The molecule has 3 nitrogen and oxygen atoms in total. The minimum atomic E-state index is 0.641. The largest absolute Gasteiger partial charge is 0.493 e. The van der Waals surface area contributed by atoms with E-state index in [2.05, 4.69) is 21.2 Å². The molecule has 1 aromatic carbocycles. The molecule has 1 aliphatic carbocycles. The molecule has 1 N–H and O–H groups in total. The van der Waals surface area contributed by atoms with Crippen LogP contribution in [0.15, 0.2) is 16.6 Å². The maximum atomic E-state index is 5.53. The second-order valence-electron chi connectivity index (χ2n) is 4.18. The molecule has 2 rings (SSSR count). The van der Waals surface area contributed by atoms with Crippen molar-refractivity contribution in [2.75, 3.05) is 13.7 Å². The Balaban J connectivity index is 2.13. The second kappa shape index (κ2) is 5.74. The molecule has 1 aliphatic rings. The molecule has 1 aromatic rings. The van der Waals surface area contributed by atoms with Crippen molar-refractivity contribution in [2.45, 2.75) is 32.4 Å². The highest BCUT2D eigenvalue weighted by Gasteiger charge is 2.20. The average molecular weight is 300 g/mol. The van der Waals surface area contributed by atoms with E-state index in [4.69, 9.17) is 9.47 Å². The smallest absolute Gasteiger partial charge is 0.162 e. The third-order valence-electron chi connectivity index (χ3n) is 2.79. The molecule has 0 spiro atoms. The van der Waals surface area contributed by atoms with Crippen LogP contribution in [0.25, 0.3) is 0 Å². The van der Waals surface area contributed by atoms with Crippen LogP contribution in [0, 0.1) is 0 Å². The average Bonchev–Trinajstić information content (AvgIpc) is 3.12. The normalized spacial score (nSPS) is 14.8. The van der Waals surface area contributed by atoms with Gasteiger partial charge in [0.1, 0.15) is 0 Å². The molecule has 1 saturated carbocycles. The van der Waals surface area contributed by atoms with E-state index in [0.29, 0.717) is 12.6 Å². The van der Waals surface area contributed by atoms with Gasteiger partial charge in [0, 0.05) is 17.1 Å². The molecular weight excluding hydrogens is 282 g/mol. The van der Waals surface area contributed by atoms with Crippen LogP contribution in [0.4, 0.5) is 0 Å². The van der Waals surface area contributed by atoms with Gasteiger partial charge in [0.25, 0.3) is 0 Å². The molecule has 0 bridgehead atoms. The van der Waals surface area contributed by atoms with E-state index < -0.39 is 0 Å². The highest BCUT2D eigenvalue weighted by atomic mass is 79.9. The zero-order valence-corrected chi connectivity index (χ0v) is 11.8. The Labute approximate surface area is 111 Å². The van der Waals surface area contributed by atoms with Gasteiger partial charge in [0.05, 0.1) is 13.7 Å². The lowest BCUT2D eigenvalue weighted by Crippen LogP contribution is -2.15. The minimum absolute atomic E-state index is 0.641. The number of nitrogens with one attached hydrogen (secondary N) is 1. The summed E-state index contributed by atoms with van der Waals surface area (Å²) in [6.45, 7) is 3.48. The minimum Gasteiger partial charge on any atom is -0.493 e. The Morgan fingerprint density at radius 2 is 2.12 bits per heavy atom. The standard InChI is InChI=1S/C13H18BrNO2/c1-3-17-13-7-11(14)9(6-12(13)16-2)8-15-10-4-5-10/h6-7,10,15H,3-5,8H2,1-2H3. The molecule has 0 radical (unpaired) electrons. The van der Waals surface area contributed by atoms with Gasteiger partial charge in [-0.1, -0.05) is 15.9 Å². The fourth-order valence-electron chi connectivity index (χ4n) is 1.68. The molecule has 0 amide bonds. The maximum Gasteiger partial charge on any atom is 0.162 e. The lowest BCUT2D eigenvalue weighted by Gasteiger charge is -2.13. The Bertz CT molecular complexity index is 391. The number of methoxy groups -OCH3 is 1. The van der Waals surface area contributed by atoms with Crippen molar-refractivity contribution in [3.63, 3.8) is 0 Å². The Kier molecular flexibility index (Phi) is 4.29. The number of halogens is 1. The van der Waals surface area contributed by atoms with Crippen molar-refractivity contribution in [1.29, 1.82) is 0 Å². The number of rotatable bonds is 6. The van der Waals surface area contributed by atoms with Crippen molar-refractivity contribution in [1.82, 2.24) is 5.32 Å². The van der Waals surface area contributed by atoms with Crippen LogP contribution in [0.5, 0.6) is 11.5 Å². The van der Waals surface area contributed by atoms with Crippen molar-refractivity contribution in [3.8, 4) is 11.5 Å². The molecule has 0 unspecified atom stereocenters. The van der Waals surface area contributed by atoms with Gasteiger partial charge < -0.3 is 14.8 Å². The molecule has 0 aromatic heterocycles. The lowest BCUT2D eigenvalue weighted by atomic mass is 10.2. The van der Waals surface area contributed by atoms with Crippen LogP contribution in [-0.4, -0.2) is 19.8 Å². The summed E-state index contributed by atoms with van der Waals surface area (Å²) in [5.41, 5.74) is 1.21. The Hall–Kier alpha value is -0.740. The van der Waals surface area contributed by atoms with Crippen molar-refractivity contribution in [3.05, 3.63) is 22.2 Å². The van der Waals surface area contributed by atoms with Gasteiger partial charge in [-0.3, -0.25) is 0 Å². The monoisotopic (exact) mass is 299 g/mol. The highest BCUT2D eigenvalue weighted by Crippen LogP contribution is 2.34. The number of hydrogen-bond donors (Lipinski definition) is 1. The summed E-state index contributed by atoms with van der Waals surface area (Å²) >= 11 is 3.58. The van der Waals surface area contributed by atoms with E-state index in [1.165, 1.54) is 18.4 Å². The van der Waals surface area contributed by atoms with E-state index in [1.54, 1.807) is 7.11 Å². The lowest BCUT2D eigenvalue weighted by molar-refractivity contribution is 0.310. The molecule has 17 heavy (non-hydrogen) atoms. The Morgan fingerprint density at radius 1 is 1.35 bits per heavy atom. The van der Waals surface area contributed by atoms with Crippen LogP contribution in [-0.2, 0) is 6.54 Å². The van der Waals surface area contributed by atoms with E-state index in [1.807, 2.05) is 19.1 Å². The predicted molar refractivity (Wildman–Crippen MR) is 71.7 cm³/mol. The summed E-state index contributed by atoms with van der Waals surface area (Å²) < 4.78 is 11.9. The van der Waals surface area contributed by atoms with E-state index in [9.17, 15) is 0 Å². The molecule has 0 saturated heterocycles. The first-order valence-electron chi connectivity index (χ1n) is 5.97. The van der Waals surface area contributed by atoms with Gasteiger partial charge in [0.15, 0.2) is 11.5 Å². The van der Waals surface area contributed by atoms with Crippen molar-refractivity contribution < 1.29 is 9.47 Å². The molecule has 0 heterocycles. The number of benzene rings is 1. The quantitative estimate of drug-likeness (QED) is 0.875. The van der Waals surface area contributed by atoms with E-state index in [0.717, 1.165) is 22.5 Å². The summed E-state index contributed by atoms with van der Waals surface area (Å²) in [6, 6.07) is 4.72. The first kappa shape index (κ1) is 12.7. The fourth-order valence-corrected chi connectivity index (χ4v) is 2.14. The maximum absolute atomic E-state index is 5.53. The van der Waals surface area contributed by atoms with Crippen LogP contribution in [0.2, 0.25) is 0 Å². The molecule has 4 heteroatoms. The van der Waals surface area contributed by atoms with Gasteiger partial charge in [-0.05, 0) is 37.5 Å². The van der Waals surface area contributed by atoms with Crippen LogP contribution >= 0.6 is 15.9 Å². The van der Waals surface area contributed by atoms with Crippen LogP contribution < -0.4 is 14.8 Å². The van der Waals surface area contributed by atoms with E-state index in [-0.39, 0.29) is 0 Å².